The van der Waals surface area contributed by atoms with E-state index >= 15 is 0 Å². The van der Waals surface area contributed by atoms with E-state index < -0.39 is 0 Å². The second-order valence-corrected chi connectivity index (χ2v) is 3.57. The number of rotatable bonds is 0. The van der Waals surface area contributed by atoms with E-state index in [1.54, 1.807) is 4.52 Å². The summed E-state index contributed by atoms with van der Waals surface area (Å²) in [6.07, 6.45) is 0. The summed E-state index contributed by atoms with van der Waals surface area (Å²) in [5.41, 5.74) is 1.85. The van der Waals surface area contributed by atoms with Gasteiger partial charge in [0.05, 0.1) is 5.52 Å². The Kier molecular flexibility index (Phi) is 3.04. The molecule has 0 aliphatic heterocycles. The van der Waals surface area contributed by atoms with Crippen molar-refractivity contribution in [3.8, 4) is 0 Å². The van der Waals surface area contributed by atoms with Crippen LogP contribution in [-0.2, 0) is 0 Å². The van der Waals surface area contributed by atoms with E-state index in [1.807, 2.05) is 52.0 Å². The summed E-state index contributed by atoms with van der Waals surface area (Å²) in [6, 6.07) is 7.98. The first kappa shape index (κ1) is 11.5. The Morgan fingerprint density at radius 3 is 2.47 bits per heavy atom. The third-order valence-electron chi connectivity index (χ3n) is 2.45. The summed E-state index contributed by atoms with van der Waals surface area (Å²) in [6.45, 7) is 7.83. The van der Waals surface area contributed by atoms with Crippen LogP contribution < -0.4 is 0 Å². The van der Waals surface area contributed by atoms with Crippen molar-refractivity contribution < 1.29 is 0 Å². The molecular formula is C13H16N4. The summed E-state index contributed by atoms with van der Waals surface area (Å²) in [5, 5.41) is 5.35. The van der Waals surface area contributed by atoms with Gasteiger partial charge in [0.25, 0.3) is 0 Å². The molecule has 0 amide bonds. The Bertz CT molecular complexity index is 655. The Morgan fingerprint density at radius 1 is 1.00 bits per heavy atom. The Hall–Kier alpha value is -1.97. The fraction of sp³-hybridized carbons (Fsp3) is 0.308. The highest BCUT2D eigenvalue weighted by atomic mass is 15.3. The lowest BCUT2D eigenvalue weighted by molar-refractivity contribution is 0.859. The number of para-hydroxylation sites is 1. The number of aryl methyl sites for hydroxylation is 2. The average molecular weight is 228 g/mol. The van der Waals surface area contributed by atoms with Crippen LogP contribution in [0.25, 0.3) is 16.6 Å². The third kappa shape index (κ3) is 1.86. The van der Waals surface area contributed by atoms with Crippen LogP contribution in [0.2, 0.25) is 0 Å². The number of aromatic nitrogens is 4. The molecule has 2 aromatic heterocycles. The van der Waals surface area contributed by atoms with Crippen molar-refractivity contribution in [1.82, 2.24) is 19.6 Å². The summed E-state index contributed by atoms with van der Waals surface area (Å²) in [5.74, 6) is 1.64. The molecule has 0 saturated carbocycles. The van der Waals surface area contributed by atoms with Crippen LogP contribution in [0, 0.1) is 13.8 Å². The lowest BCUT2D eigenvalue weighted by Gasteiger charge is -2.01. The average Bonchev–Trinajstić information content (AvgIpc) is 2.75. The van der Waals surface area contributed by atoms with Gasteiger partial charge in [0.15, 0.2) is 5.65 Å². The Morgan fingerprint density at radius 2 is 1.71 bits per heavy atom. The molecule has 1 aromatic carbocycles. The van der Waals surface area contributed by atoms with Crippen LogP contribution in [0.15, 0.2) is 24.3 Å². The van der Waals surface area contributed by atoms with Crippen LogP contribution >= 0.6 is 0 Å². The third-order valence-corrected chi connectivity index (χ3v) is 2.45. The van der Waals surface area contributed by atoms with Crippen LogP contribution in [0.4, 0.5) is 0 Å². The summed E-state index contributed by atoms with van der Waals surface area (Å²) >= 11 is 0. The molecule has 0 saturated heterocycles. The zero-order chi connectivity index (χ0) is 12.4. The van der Waals surface area contributed by atoms with Gasteiger partial charge < -0.3 is 0 Å². The SMILES string of the molecule is CC.Cc1nc2c3ccccc3nc(C)n2n1. The van der Waals surface area contributed by atoms with Gasteiger partial charge in [0.2, 0.25) is 0 Å². The number of hydrogen-bond acceptors (Lipinski definition) is 3. The molecule has 3 aromatic rings. The smallest absolute Gasteiger partial charge is 0.167 e. The minimum atomic E-state index is 0.774. The molecule has 0 N–H and O–H groups in total. The van der Waals surface area contributed by atoms with Crippen LogP contribution in [0.1, 0.15) is 25.5 Å². The van der Waals surface area contributed by atoms with E-state index in [9.17, 15) is 0 Å². The van der Waals surface area contributed by atoms with Gasteiger partial charge in [0.1, 0.15) is 11.6 Å². The summed E-state index contributed by atoms with van der Waals surface area (Å²) in [7, 11) is 0. The maximum absolute atomic E-state index is 4.48. The fourth-order valence-corrected chi connectivity index (χ4v) is 1.80. The molecule has 88 valence electrons. The van der Waals surface area contributed by atoms with E-state index in [1.165, 1.54) is 0 Å². The summed E-state index contributed by atoms with van der Waals surface area (Å²) in [4.78, 5) is 8.89. The second-order valence-electron chi connectivity index (χ2n) is 3.57. The maximum Gasteiger partial charge on any atom is 0.167 e. The van der Waals surface area contributed by atoms with Crippen molar-refractivity contribution in [1.29, 1.82) is 0 Å². The van der Waals surface area contributed by atoms with Gasteiger partial charge in [-0.15, -0.1) is 5.10 Å². The number of benzene rings is 1. The second kappa shape index (κ2) is 4.49. The van der Waals surface area contributed by atoms with Gasteiger partial charge in [-0.1, -0.05) is 26.0 Å². The number of hydrogen-bond donors (Lipinski definition) is 0. The molecule has 0 spiro atoms. The minimum absolute atomic E-state index is 0.774. The zero-order valence-corrected chi connectivity index (χ0v) is 10.6. The lowest BCUT2D eigenvalue weighted by atomic mass is 10.2. The molecule has 2 heterocycles. The zero-order valence-electron chi connectivity index (χ0n) is 10.6. The number of nitrogens with zero attached hydrogens (tertiary/aromatic N) is 4. The molecule has 0 fully saturated rings. The van der Waals surface area contributed by atoms with E-state index in [0.29, 0.717) is 0 Å². The highest BCUT2D eigenvalue weighted by Crippen LogP contribution is 2.17. The van der Waals surface area contributed by atoms with Gasteiger partial charge in [0, 0.05) is 5.39 Å². The number of fused-ring (bicyclic) bond motifs is 3. The minimum Gasteiger partial charge on any atom is -0.233 e. The molecule has 0 bridgehead atoms. The van der Waals surface area contributed by atoms with Crippen LogP contribution in [0.5, 0.6) is 0 Å². The molecule has 0 unspecified atom stereocenters. The largest absolute Gasteiger partial charge is 0.233 e. The standard InChI is InChI=1S/C11H10N4.C2H6/c1-7-12-11-9-5-3-4-6-10(9)13-8(2)15(11)14-7;1-2/h3-6H,1-2H3;1-2H3. The van der Waals surface area contributed by atoms with Gasteiger partial charge in [-0.05, 0) is 26.0 Å². The maximum atomic E-state index is 4.48. The van der Waals surface area contributed by atoms with Crippen molar-refractivity contribution in [3.05, 3.63) is 35.9 Å². The van der Waals surface area contributed by atoms with E-state index in [-0.39, 0.29) is 0 Å². The predicted molar refractivity (Wildman–Crippen MR) is 69.1 cm³/mol. The Balaban J connectivity index is 0.000000514. The molecule has 0 aliphatic rings. The molecule has 4 nitrogen and oxygen atoms in total. The quantitative estimate of drug-likeness (QED) is 0.594. The molecule has 17 heavy (non-hydrogen) atoms. The van der Waals surface area contributed by atoms with E-state index in [4.69, 9.17) is 0 Å². The molecule has 0 radical (unpaired) electrons. The first-order valence-corrected chi connectivity index (χ1v) is 5.84. The van der Waals surface area contributed by atoms with Gasteiger partial charge in [-0.2, -0.15) is 4.52 Å². The van der Waals surface area contributed by atoms with Crippen LogP contribution in [-0.4, -0.2) is 19.6 Å². The lowest BCUT2D eigenvalue weighted by Crippen LogP contribution is -1.98. The molecule has 0 aliphatic carbocycles. The fourth-order valence-electron chi connectivity index (χ4n) is 1.80. The first-order chi connectivity index (χ1) is 8.25. The van der Waals surface area contributed by atoms with Gasteiger partial charge in [-0.25, -0.2) is 9.97 Å². The molecule has 4 heteroatoms. The van der Waals surface area contributed by atoms with Crippen molar-refractivity contribution in [2.45, 2.75) is 27.7 Å². The molecule has 3 rings (SSSR count). The Labute approximate surface area is 100 Å². The van der Waals surface area contributed by atoms with Crippen molar-refractivity contribution in [2.75, 3.05) is 0 Å². The van der Waals surface area contributed by atoms with E-state index in [2.05, 4.69) is 15.1 Å². The highest BCUT2D eigenvalue weighted by Gasteiger charge is 2.07. The van der Waals surface area contributed by atoms with Crippen LogP contribution in [0.3, 0.4) is 0 Å². The summed E-state index contributed by atoms with van der Waals surface area (Å²) < 4.78 is 1.79. The van der Waals surface area contributed by atoms with Gasteiger partial charge >= 0.3 is 0 Å². The predicted octanol–water partition coefficient (Wildman–Crippen LogP) is 2.92. The van der Waals surface area contributed by atoms with Gasteiger partial charge in [-0.3, -0.25) is 0 Å². The van der Waals surface area contributed by atoms with E-state index in [0.717, 1.165) is 28.2 Å². The molecule has 0 atom stereocenters. The topological polar surface area (TPSA) is 43.1 Å². The highest BCUT2D eigenvalue weighted by molar-refractivity contribution is 5.91. The molecular weight excluding hydrogens is 212 g/mol. The normalized spacial score (nSPS) is 10.4. The van der Waals surface area contributed by atoms with Crippen molar-refractivity contribution >= 4 is 16.6 Å². The van der Waals surface area contributed by atoms with Crippen molar-refractivity contribution in [3.63, 3.8) is 0 Å². The monoisotopic (exact) mass is 228 g/mol. The first-order valence-electron chi connectivity index (χ1n) is 5.84. The van der Waals surface area contributed by atoms with Crippen molar-refractivity contribution in [2.24, 2.45) is 0 Å².